The molecule has 0 aliphatic rings. The number of hydrogen-bond donors (Lipinski definition) is 1. The topological polar surface area (TPSA) is 40.5 Å². The number of nitrogens with zero attached hydrogens (tertiary/aromatic N) is 1. The second-order valence-electron chi connectivity index (χ2n) is 3.10. The van der Waals surface area contributed by atoms with Crippen LogP contribution in [0.3, 0.4) is 0 Å². The highest BCUT2D eigenvalue weighted by molar-refractivity contribution is 5.73. The van der Waals surface area contributed by atoms with Gasteiger partial charge in [-0.3, -0.25) is 9.69 Å². The first-order chi connectivity index (χ1) is 5.63. The lowest BCUT2D eigenvalue weighted by Crippen LogP contribution is -2.38. The number of carbonyl (C=O) groups is 1. The predicted octanol–water partition coefficient (Wildman–Crippen LogP) is 1.58. The fourth-order valence-electron chi connectivity index (χ4n) is 1.24. The summed E-state index contributed by atoms with van der Waals surface area (Å²) in [5.74, 6) is -0.712. The Balaban J connectivity index is 3.85. The average Bonchev–Trinajstić information content (AvgIpc) is 2.01. The first-order valence-electron chi connectivity index (χ1n) is 4.56. The zero-order valence-electron chi connectivity index (χ0n) is 8.21. The molecule has 0 aromatic carbocycles. The monoisotopic (exact) mass is 173 g/mol. The quantitative estimate of drug-likeness (QED) is 0.663. The van der Waals surface area contributed by atoms with Gasteiger partial charge >= 0.3 is 5.97 Å². The summed E-state index contributed by atoms with van der Waals surface area (Å²) in [5.41, 5.74) is 0. The summed E-state index contributed by atoms with van der Waals surface area (Å²) in [6.07, 6.45) is 2.86. The molecule has 1 N–H and O–H groups in total. The summed E-state index contributed by atoms with van der Waals surface area (Å²) in [5, 5.41) is 8.80. The maximum atomic E-state index is 10.7. The minimum Gasteiger partial charge on any atom is -0.480 e. The number of aliphatic carboxylic acids is 1. The Labute approximate surface area is 74.4 Å². The molecule has 0 bridgehead atoms. The van der Waals surface area contributed by atoms with Gasteiger partial charge in [-0.1, -0.05) is 20.3 Å². The lowest BCUT2D eigenvalue weighted by Gasteiger charge is -2.22. The van der Waals surface area contributed by atoms with Crippen LogP contribution in [0.4, 0.5) is 0 Å². The molecule has 0 rings (SSSR count). The minimum atomic E-state index is -0.712. The molecule has 0 heterocycles. The van der Waals surface area contributed by atoms with E-state index in [9.17, 15) is 4.79 Å². The zero-order chi connectivity index (χ0) is 9.56. The molecule has 0 aliphatic heterocycles. The molecule has 0 aromatic rings. The molecule has 0 spiro atoms. The van der Waals surface area contributed by atoms with Crippen LogP contribution in [0.25, 0.3) is 0 Å². The highest BCUT2D eigenvalue weighted by Gasteiger charge is 2.19. The van der Waals surface area contributed by atoms with Gasteiger partial charge in [-0.2, -0.15) is 0 Å². The Morgan fingerprint density at radius 3 is 2.42 bits per heavy atom. The van der Waals surface area contributed by atoms with Crippen LogP contribution in [-0.4, -0.2) is 35.6 Å². The van der Waals surface area contributed by atoms with E-state index < -0.39 is 5.97 Å². The standard InChI is InChI=1S/C9H19NO2/c1-4-6-7-10(3)8(5-2)9(11)12/h8H,4-7H2,1-3H3,(H,11,12). The van der Waals surface area contributed by atoms with Crippen molar-refractivity contribution in [1.82, 2.24) is 4.90 Å². The van der Waals surface area contributed by atoms with Crippen molar-refractivity contribution >= 4 is 5.97 Å². The molecule has 0 aliphatic carbocycles. The Bertz CT molecular complexity index is 136. The lowest BCUT2D eigenvalue weighted by molar-refractivity contribution is -0.142. The van der Waals surface area contributed by atoms with E-state index in [2.05, 4.69) is 6.92 Å². The highest BCUT2D eigenvalue weighted by Crippen LogP contribution is 2.03. The van der Waals surface area contributed by atoms with Gasteiger partial charge in [0, 0.05) is 0 Å². The van der Waals surface area contributed by atoms with Crippen molar-refractivity contribution in [1.29, 1.82) is 0 Å². The Morgan fingerprint density at radius 1 is 1.50 bits per heavy atom. The van der Waals surface area contributed by atoms with Crippen LogP contribution in [0.15, 0.2) is 0 Å². The Morgan fingerprint density at radius 2 is 2.08 bits per heavy atom. The number of carboxylic acids is 1. The first kappa shape index (κ1) is 11.4. The van der Waals surface area contributed by atoms with Crippen LogP contribution in [0.5, 0.6) is 0 Å². The number of carboxylic acid groups (broad SMARTS) is 1. The van der Waals surface area contributed by atoms with Gasteiger partial charge in [0.05, 0.1) is 0 Å². The van der Waals surface area contributed by atoms with Gasteiger partial charge in [-0.25, -0.2) is 0 Å². The molecule has 0 saturated heterocycles. The molecular formula is C9H19NO2. The number of likely N-dealkylation sites (N-methyl/N-ethyl adjacent to an activating group) is 1. The number of rotatable bonds is 6. The van der Waals surface area contributed by atoms with Crippen LogP contribution in [0.2, 0.25) is 0 Å². The maximum absolute atomic E-state index is 10.7. The van der Waals surface area contributed by atoms with Crippen LogP contribution >= 0.6 is 0 Å². The predicted molar refractivity (Wildman–Crippen MR) is 49.3 cm³/mol. The highest BCUT2D eigenvalue weighted by atomic mass is 16.4. The third-order valence-corrected chi connectivity index (χ3v) is 2.07. The van der Waals surface area contributed by atoms with E-state index in [4.69, 9.17) is 5.11 Å². The first-order valence-corrected chi connectivity index (χ1v) is 4.56. The molecular weight excluding hydrogens is 154 g/mol. The van der Waals surface area contributed by atoms with Gasteiger partial charge in [0.1, 0.15) is 6.04 Å². The van der Waals surface area contributed by atoms with E-state index >= 15 is 0 Å². The Kier molecular flexibility index (Phi) is 5.72. The summed E-state index contributed by atoms with van der Waals surface area (Å²) in [6, 6.07) is -0.309. The van der Waals surface area contributed by atoms with Gasteiger partial charge in [-0.05, 0) is 26.4 Å². The number of unbranched alkanes of at least 4 members (excludes halogenated alkanes) is 1. The Hall–Kier alpha value is -0.570. The van der Waals surface area contributed by atoms with Crippen molar-refractivity contribution in [3.8, 4) is 0 Å². The van der Waals surface area contributed by atoms with E-state index in [1.807, 2.05) is 18.9 Å². The van der Waals surface area contributed by atoms with Crippen molar-refractivity contribution in [2.75, 3.05) is 13.6 Å². The van der Waals surface area contributed by atoms with E-state index in [0.717, 1.165) is 19.4 Å². The molecule has 3 nitrogen and oxygen atoms in total. The van der Waals surface area contributed by atoms with Crippen LogP contribution < -0.4 is 0 Å². The van der Waals surface area contributed by atoms with Crippen molar-refractivity contribution < 1.29 is 9.90 Å². The van der Waals surface area contributed by atoms with Crippen LogP contribution in [0, 0.1) is 0 Å². The largest absolute Gasteiger partial charge is 0.480 e. The molecule has 0 fully saturated rings. The molecule has 12 heavy (non-hydrogen) atoms. The fourth-order valence-corrected chi connectivity index (χ4v) is 1.24. The summed E-state index contributed by atoms with van der Waals surface area (Å²) in [6.45, 7) is 4.89. The van der Waals surface area contributed by atoms with Crippen LogP contribution in [0.1, 0.15) is 33.1 Å². The van der Waals surface area contributed by atoms with Crippen LogP contribution in [-0.2, 0) is 4.79 Å². The smallest absolute Gasteiger partial charge is 0.320 e. The second kappa shape index (κ2) is 6.00. The lowest BCUT2D eigenvalue weighted by atomic mass is 10.2. The van der Waals surface area contributed by atoms with Gasteiger partial charge in [0.2, 0.25) is 0 Å². The zero-order valence-corrected chi connectivity index (χ0v) is 8.21. The molecule has 0 aromatic heterocycles. The third-order valence-electron chi connectivity index (χ3n) is 2.07. The van der Waals surface area contributed by atoms with E-state index in [0.29, 0.717) is 6.42 Å². The maximum Gasteiger partial charge on any atom is 0.320 e. The summed E-state index contributed by atoms with van der Waals surface area (Å²) in [4.78, 5) is 12.6. The van der Waals surface area contributed by atoms with Crippen molar-refractivity contribution in [3.63, 3.8) is 0 Å². The molecule has 72 valence electrons. The summed E-state index contributed by atoms with van der Waals surface area (Å²) < 4.78 is 0. The molecule has 0 amide bonds. The fraction of sp³-hybridized carbons (Fsp3) is 0.889. The van der Waals surface area contributed by atoms with E-state index in [-0.39, 0.29) is 6.04 Å². The summed E-state index contributed by atoms with van der Waals surface area (Å²) in [7, 11) is 1.87. The summed E-state index contributed by atoms with van der Waals surface area (Å²) >= 11 is 0. The third kappa shape index (κ3) is 3.72. The SMILES string of the molecule is CCCCN(C)C(CC)C(=O)O. The second-order valence-corrected chi connectivity index (χ2v) is 3.10. The minimum absolute atomic E-state index is 0.309. The molecule has 1 unspecified atom stereocenters. The molecule has 0 radical (unpaired) electrons. The van der Waals surface area contributed by atoms with Gasteiger partial charge in [-0.15, -0.1) is 0 Å². The van der Waals surface area contributed by atoms with Gasteiger partial charge in [0.25, 0.3) is 0 Å². The van der Waals surface area contributed by atoms with E-state index in [1.165, 1.54) is 0 Å². The van der Waals surface area contributed by atoms with Gasteiger partial charge in [0.15, 0.2) is 0 Å². The van der Waals surface area contributed by atoms with Gasteiger partial charge < -0.3 is 5.11 Å². The molecule has 1 atom stereocenters. The average molecular weight is 173 g/mol. The van der Waals surface area contributed by atoms with Crippen molar-refractivity contribution in [2.45, 2.75) is 39.2 Å². The number of hydrogen-bond acceptors (Lipinski definition) is 2. The van der Waals surface area contributed by atoms with E-state index in [1.54, 1.807) is 0 Å². The van der Waals surface area contributed by atoms with Crippen molar-refractivity contribution in [3.05, 3.63) is 0 Å². The normalized spacial score (nSPS) is 13.3. The molecule has 0 saturated carbocycles. The van der Waals surface area contributed by atoms with Crippen molar-refractivity contribution in [2.24, 2.45) is 0 Å². The molecule has 3 heteroatoms.